The van der Waals surface area contributed by atoms with Crippen LogP contribution in [0.15, 0.2) is 23.3 Å². The summed E-state index contributed by atoms with van der Waals surface area (Å²) in [6.45, 7) is 4.52. The molecule has 0 fully saturated rings. The minimum atomic E-state index is -0.0689. The molecule has 1 amide bonds. The van der Waals surface area contributed by atoms with Crippen molar-refractivity contribution in [3.63, 3.8) is 0 Å². The van der Waals surface area contributed by atoms with Crippen LogP contribution >= 0.6 is 0 Å². The molecule has 0 aliphatic heterocycles. The van der Waals surface area contributed by atoms with Crippen molar-refractivity contribution in [1.29, 1.82) is 0 Å². The highest BCUT2D eigenvalue weighted by Gasteiger charge is 2.02. The summed E-state index contributed by atoms with van der Waals surface area (Å²) < 4.78 is 5.30. The van der Waals surface area contributed by atoms with Gasteiger partial charge >= 0.3 is 0 Å². The Labute approximate surface area is 138 Å². The van der Waals surface area contributed by atoms with Gasteiger partial charge in [-0.1, -0.05) is 39.0 Å². The molecule has 0 radical (unpaired) electrons. The maximum Gasteiger partial charge on any atom is 0.240 e. The molecular weight excluding hydrogens is 292 g/mol. The largest absolute Gasteiger partial charge is 0.504 e. The lowest BCUT2D eigenvalue weighted by molar-refractivity contribution is -0.121. The lowest BCUT2D eigenvalue weighted by atomic mass is 10.1. The standard InChI is InChI=1S/C18H28N2O3/c1-3-5-6-7-8-9-10-18(22)20-19-14-15-11-12-16(21)17(13-15)23-4-2/h11-14,21H,3-10H2,1-2H3,(H,20,22)/b19-14+. The van der Waals surface area contributed by atoms with Gasteiger partial charge in [0.1, 0.15) is 0 Å². The fourth-order valence-corrected chi connectivity index (χ4v) is 2.18. The number of hydrazone groups is 1. The highest BCUT2D eigenvalue weighted by atomic mass is 16.5. The molecular formula is C18H28N2O3. The first-order valence-electron chi connectivity index (χ1n) is 8.45. The van der Waals surface area contributed by atoms with Gasteiger partial charge in [0.2, 0.25) is 5.91 Å². The number of nitrogens with zero attached hydrogens (tertiary/aromatic N) is 1. The zero-order valence-electron chi connectivity index (χ0n) is 14.2. The Balaban J connectivity index is 2.29. The predicted octanol–water partition coefficient (Wildman–Crippen LogP) is 3.99. The molecule has 5 heteroatoms. The molecule has 0 aliphatic carbocycles. The second kappa shape index (κ2) is 11.5. The number of carbonyl (C=O) groups is 1. The Morgan fingerprint density at radius 2 is 1.96 bits per heavy atom. The van der Waals surface area contributed by atoms with Gasteiger partial charge in [-0.05, 0) is 37.1 Å². The molecule has 1 rings (SSSR count). The first-order valence-corrected chi connectivity index (χ1v) is 8.45. The Bertz CT molecular complexity index is 501. The number of amides is 1. The second-order valence-electron chi connectivity index (χ2n) is 5.47. The molecule has 0 spiro atoms. The average molecular weight is 320 g/mol. The van der Waals surface area contributed by atoms with Crippen LogP contribution < -0.4 is 10.2 Å². The number of benzene rings is 1. The fraction of sp³-hybridized carbons (Fsp3) is 0.556. The molecule has 0 aliphatic rings. The number of aromatic hydroxyl groups is 1. The van der Waals surface area contributed by atoms with Gasteiger partial charge in [-0.15, -0.1) is 0 Å². The molecule has 23 heavy (non-hydrogen) atoms. The van der Waals surface area contributed by atoms with Crippen LogP contribution in [0.5, 0.6) is 11.5 Å². The molecule has 1 aromatic carbocycles. The van der Waals surface area contributed by atoms with Crippen LogP contribution in [0.25, 0.3) is 0 Å². The number of nitrogens with one attached hydrogen (secondary N) is 1. The molecule has 2 N–H and O–H groups in total. The van der Waals surface area contributed by atoms with Gasteiger partial charge in [0.05, 0.1) is 12.8 Å². The van der Waals surface area contributed by atoms with Gasteiger partial charge in [-0.2, -0.15) is 5.10 Å². The van der Waals surface area contributed by atoms with Gasteiger partial charge in [-0.3, -0.25) is 4.79 Å². The number of unbranched alkanes of at least 4 members (excludes halogenated alkanes) is 5. The van der Waals surface area contributed by atoms with Gasteiger partial charge in [0, 0.05) is 6.42 Å². The van der Waals surface area contributed by atoms with Crippen LogP contribution in [0.3, 0.4) is 0 Å². The van der Waals surface area contributed by atoms with E-state index in [0.717, 1.165) is 18.4 Å². The van der Waals surface area contributed by atoms with E-state index in [9.17, 15) is 9.90 Å². The highest BCUT2D eigenvalue weighted by molar-refractivity contribution is 5.83. The summed E-state index contributed by atoms with van der Waals surface area (Å²) in [7, 11) is 0. The Morgan fingerprint density at radius 3 is 2.70 bits per heavy atom. The maximum atomic E-state index is 11.7. The topological polar surface area (TPSA) is 70.9 Å². The van der Waals surface area contributed by atoms with Crippen molar-refractivity contribution in [3.05, 3.63) is 23.8 Å². The van der Waals surface area contributed by atoms with Crippen molar-refractivity contribution in [3.8, 4) is 11.5 Å². The zero-order chi connectivity index (χ0) is 16.9. The van der Waals surface area contributed by atoms with Crippen molar-refractivity contribution in [2.45, 2.75) is 58.8 Å². The maximum absolute atomic E-state index is 11.7. The van der Waals surface area contributed by atoms with E-state index < -0.39 is 0 Å². The summed E-state index contributed by atoms with van der Waals surface area (Å²) >= 11 is 0. The lowest BCUT2D eigenvalue weighted by Gasteiger charge is -2.06. The van der Waals surface area contributed by atoms with E-state index in [-0.39, 0.29) is 11.7 Å². The average Bonchev–Trinajstić information content (AvgIpc) is 2.54. The van der Waals surface area contributed by atoms with Crippen LogP contribution in [0.1, 0.15) is 64.4 Å². The van der Waals surface area contributed by atoms with Crippen molar-refractivity contribution >= 4 is 12.1 Å². The molecule has 0 saturated heterocycles. The first-order chi connectivity index (χ1) is 11.2. The number of carbonyl (C=O) groups excluding carboxylic acids is 1. The molecule has 0 aromatic heterocycles. The summed E-state index contributed by atoms with van der Waals surface area (Å²) in [5, 5.41) is 13.6. The van der Waals surface area contributed by atoms with E-state index >= 15 is 0 Å². The number of rotatable bonds is 11. The van der Waals surface area contributed by atoms with Crippen molar-refractivity contribution in [2.24, 2.45) is 5.10 Å². The van der Waals surface area contributed by atoms with Crippen molar-refractivity contribution in [1.82, 2.24) is 5.43 Å². The number of ether oxygens (including phenoxy) is 1. The van der Waals surface area contributed by atoms with Crippen LogP contribution in [-0.2, 0) is 4.79 Å². The quantitative estimate of drug-likeness (QED) is 0.368. The minimum absolute atomic E-state index is 0.0689. The van der Waals surface area contributed by atoms with Gasteiger partial charge < -0.3 is 9.84 Å². The normalized spacial score (nSPS) is 10.9. The minimum Gasteiger partial charge on any atom is -0.504 e. The van der Waals surface area contributed by atoms with Gasteiger partial charge in [0.15, 0.2) is 11.5 Å². The third-order valence-corrected chi connectivity index (χ3v) is 3.44. The van der Waals surface area contributed by atoms with E-state index in [1.165, 1.54) is 25.7 Å². The van der Waals surface area contributed by atoms with Gasteiger partial charge in [-0.25, -0.2) is 5.43 Å². The molecule has 0 unspecified atom stereocenters. The predicted molar refractivity (Wildman–Crippen MR) is 93.0 cm³/mol. The SMILES string of the molecule is CCCCCCCCC(=O)N/N=C/c1ccc(O)c(OCC)c1. The third kappa shape index (κ3) is 8.24. The Morgan fingerprint density at radius 1 is 1.22 bits per heavy atom. The van der Waals surface area contributed by atoms with E-state index in [1.807, 2.05) is 6.92 Å². The van der Waals surface area contributed by atoms with Crippen molar-refractivity contribution < 1.29 is 14.6 Å². The Hall–Kier alpha value is -2.04. The van der Waals surface area contributed by atoms with Crippen LogP contribution in [0.2, 0.25) is 0 Å². The lowest BCUT2D eigenvalue weighted by Crippen LogP contribution is -2.16. The number of phenols is 1. The zero-order valence-corrected chi connectivity index (χ0v) is 14.2. The molecule has 128 valence electrons. The number of hydrogen-bond donors (Lipinski definition) is 2. The summed E-state index contributed by atoms with van der Waals surface area (Å²) in [5.74, 6) is 0.437. The summed E-state index contributed by atoms with van der Waals surface area (Å²) in [6.07, 6.45) is 8.98. The second-order valence-corrected chi connectivity index (χ2v) is 5.47. The Kier molecular flexibility index (Phi) is 9.52. The van der Waals surface area contributed by atoms with Crippen LogP contribution in [0.4, 0.5) is 0 Å². The van der Waals surface area contributed by atoms with Crippen LogP contribution in [0, 0.1) is 0 Å². The molecule has 0 heterocycles. The molecule has 0 saturated carbocycles. The van der Waals surface area contributed by atoms with E-state index in [1.54, 1.807) is 24.4 Å². The molecule has 0 bridgehead atoms. The van der Waals surface area contributed by atoms with Crippen molar-refractivity contribution in [2.75, 3.05) is 6.61 Å². The van der Waals surface area contributed by atoms with E-state index in [2.05, 4.69) is 17.5 Å². The molecule has 5 nitrogen and oxygen atoms in total. The van der Waals surface area contributed by atoms with E-state index in [0.29, 0.717) is 18.8 Å². The molecule has 0 atom stereocenters. The van der Waals surface area contributed by atoms with E-state index in [4.69, 9.17) is 4.74 Å². The van der Waals surface area contributed by atoms with Gasteiger partial charge in [0.25, 0.3) is 0 Å². The fourth-order valence-electron chi connectivity index (χ4n) is 2.18. The smallest absolute Gasteiger partial charge is 0.240 e. The number of hydrogen-bond acceptors (Lipinski definition) is 4. The summed E-state index contributed by atoms with van der Waals surface area (Å²) in [4.78, 5) is 11.7. The number of phenolic OH excluding ortho intramolecular Hbond substituents is 1. The first kappa shape index (κ1) is 19.0. The third-order valence-electron chi connectivity index (χ3n) is 3.44. The summed E-state index contributed by atoms with van der Waals surface area (Å²) in [5.41, 5.74) is 3.28. The monoisotopic (exact) mass is 320 g/mol. The highest BCUT2D eigenvalue weighted by Crippen LogP contribution is 2.26. The van der Waals surface area contributed by atoms with Crippen LogP contribution in [-0.4, -0.2) is 23.8 Å². The molecule has 1 aromatic rings. The summed E-state index contributed by atoms with van der Waals surface area (Å²) in [6, 6.07) is 4.94.